The lowest BCUT2D eigenvalue weighted by Gasteiger charge is -2.25. The van der Waals surface area contributed by atoms with E-state index in [0.29, 0.717) is 19.1 Å². The van der Waals surface area contributed by atoms with Gasteiger partial charge in [0.1, 0.15) is 6.61 Å². The molecular formula is C10H20N2O3. The lowest BCUT2D eigenvalue weighted by atomic mass is 10.0. The fourth-order valence-corrected chi connectivity index (χ4v) is 1.92. The highest BCUT2D eigenvalue weighted by atomic mass is 16.5. The van der Waals surface area contributed by atoms with Crippen LogP contribution in [0.4, 0.5) is 0 Å². The molecule has 1 aliphatic rings. The van der Waals surface area contributed by atoms with E-state index in [1.165, 1.54) is 0 Å². The molecule has 0 aliphatic carbocycles. The highest BCUT2D eigenvalue weighted by Crippen LogP contribution is 2.23. The molecule has 1 amide bonds. The first-order chi connectivity index (χ1) is 7.20. The summed E-state index contributed by atoms with van der Waals surface area (Å²) < 4.78 is 5.09. The summed E-state index contributed by atoms with van der Waals surface area (Å²) in [6.07, 6.45) is 0.952. The summed E-state index contributed by atoms with van der Waals surface area (Å²) in [6.45, 7) is 3.70. The Bertz CT molecular complexity index is 211. The summed E-state index contributed by atoms with van der Waals surface area (Å²) in [6, 6.07) is -0.0426. The van der Waals surface area contributed by atoms with Crippen molar-refractivity contribution in [3.8, 4) is 0 Å². The van der Waals surface area contributed by atoms with Crippen molar-refractivity contribution in [2.75, 3.05) is 32.9 Å². The molecule has 5 heteroatoms. The molecule has 1 saturated heterocycles. The standard InChI is InChI=1S/C10H20N2O3/c1-8-2-4-12(9(8)6-13)10(14)7-15-5-3-11/h8-9,13H,2-7,11H2,1H3. The fourth-order valence-electron chi connectivity index (χ4n) is 1.92. The van der Waals surface area contributed by atoms with Crippen LogP contribution in [0, 0.1) is 5.92 Å². The number of likely N-dealkylation sites (tertiary alicyclic amines) is 1. The molecule has 2 unspecified atom stereocenters. The van der Waals surface area contributed by atoms with Crippen LogP contribution in [0.15, 0.2) is 0 Å². The van der Waals surface area contributed by atoms with Gasteiger partial charge in [-0.3, -0.25) is 4.79 Å². The highest BCUT2D eigenvalue weighted by Gasteiger charge is 2.33. The van der Waals surface area contributed by atoms with E-state index >= 15 is 0 Å². The molecular weight excluding hydrogens is 196 g/mol. The first kappa shape index (κ1) is 12.4. The Morgan fingerprint density at radius 3 is 3.00 bits per heavy atom. The number of nitrogens with zero attached hydrogens (tertiary/aromatic N) is 1. The smallest absolute Gasteiger partial charge is 0.248 e. The predicted octanol–water partition coefficient (Wildman–Crippen LogP) is -0.809. The quantitative estimate of drug-likeness (QED) is 0.589. The molecule has 0 radical (unpaired) electrons. The van der Waals surface area contributed by atoms with E-state index in [1.807, 2.05) is 0 Å². The Balaban J connectivity index is 2.38. The van der Waals surface area contributed by atoms with Crippen molar-refractivity contribution in [1.82, 2.24) is 4.90 Å². The number of carbonyl (C=O) groups is 1. The van der Waals surface area contributed by atoms with Gasteiger partial charge in [0.2, 0.25) is 5.91 Å². The molecule has 1 aliphatic heterocycles. The van der Waals surface area contributed by atoms with E-state index in [9.17, 15) is 9.90 Å². The van der Waals surface area contributed by atoms with E-state index in [-0.39, 0.29) is 25.2 Å². The van der Waals surface area contributed by atoms with Gasteiger partial charge in [0.05, 0.1) is 19.3 Å². The molecule has 1 heterocycles. The van der Waals surface area contributed by atoms with Crippen LogP contribution in [-0.2, 0) is 9.53 Å². The van der Waals surface area contributed by atoms with Crippen molar-refractivity contribution in [1.29, 1.82) is 0 Å². The first-order valence-electron chi connectivity index (χ1n) is 5.38. The molecule has 0 aromatic heterocycles. The summed E-state index contributed by atoms with van der Waals surface area (Å²) in [4.78, 5) is 13.4. The van der Waals surface area contributed by atoms with Gasteiger partial charge in [-0.05, 0) is 12.3 Å². The molecule has 0 spiro atoms. The summed E-state index contributed by atoms with van der Waals surface area (Å²) in [5, 5.41) is 9.17. The van der Waals surface area contributed by atoms with Gasteiger partial charge in [-0.1, -0.05) is 6.92 Å². The van der Waals surface area contributed by atoms with Gasteiger partial charge in [-0.2, -0.15) is 0 Å². The Hall–Kier alpha value is -0.650. The monoisotopic (exact) mass is 216 g/mol. The second-order valence-electron chi connectivity index (χ2n) is 3.94. The number of hydrogen-bond acceptors (Lipinski definition) is 4. The van der Waals surface area contributed by atoms with Gasteiger partial charge >= 0.3 is 0 Å². The predicted molar refractivity (Wildman–Crippen MR) is 56.2 cm³/mol. The number of amides is 1. The zero-order chi connectivity index (χ0) is 11.3. The molecule has 2 atom stereocenters. The molecule has 0 bridgehead atoms. The third kappa shape index (κ3) is 3.15. The fraction of sp³-hybridized carbons (Fsp3) is 0.900. The number of ether oxygens (including phenoxy) is 1. The molecule has 5 nitrogen and oxygen atoms in total. The number of rotatable bonds is 5. The van der Waals surface area contributed by atoms with E-state index < -0.39 is 0 Å². The van der Waals surface area contributed by atoms with Gasteiger partial charge in [0.15, 0.2) is 0 Å². The van der Waals surface area contributed by atoms with E-state index in [2.05, 4.69) is 6.92 Å². The molecule has 1 rings (SSSR count). The van der Waals surface area contributed by atoms with Gasteiger partial charge in [0, 0.05) is 13.1 Å². The maximum atomic E-state index is 11.7. The molecule has 88 valence electrons. The summed E-state index contributed by atoms with van der Waals surface area (Å²) in [5.41, 5.74) is 5.25. The largest absolute Gasteiger partial charge is 0.394 e. The maximum absolute atomic E-state index is 11.7. The summed E-state index contributed by atoms with van der Waals surface area (Å²) >= 11 is 0. The van der Waals surface area contributed by atoms with E-state index in [1.54, 1.807) is 4.90 Å². The zero-order valence-corrected chi connectivity index (χ0v) is 9.19. The molecule has 15 heavy (non-hydrogen) atoms. The Labute approximate surface area is 90.2 Å². The van der Waals surface area contributed by atoms with E-state index in [4.69, 9.17) is 10.5 Å². The van der Waals surface area contributed by atoms with Gasteiger partial charge in [-0.15, -0.1) is 0 Å². The number of nitrogens with two attached hydrogens (primary N) is 1. The SMILES string of the molecule is CC1CCN(C(=O)COCCN)C1CO. The van der Waals surface area contributed by atoms with Crippen molar-refractivity contribution < 1.29 is 14.6 Å². The van der Waals surface area contributed by atoms with Crippen molar-refractivity contribution in [2.45, 2.75) is 19.4 Å². The van der Waals surface area contributed by atoms with Crippen molar-refractivity contribution in [3.63, 3.8) is 0 Å². The van der Waals surface area contributed by atoms with Gasteiger partial charge in [-0.25, -0.2) is 0 Å². The minimum Gasteiger partial charge on any atom is -0.394 e. The van der Waals surface area contributed by atoms with Crippen molar-refractivity contribution >= 4 is 5.91 Å². The molecule has 0 aromatic carbocycles. The number of hydrogen-bond donors (Lipinski definition) is 2. The molecule has 0 aromatic rings. The third-order valence-corrected chi connectivity index (χ3v) is 2.88. The van der Waals surface area contributed by atoms with Gasteiger partial charge < -0.3 is 20.5 Å². The minimum absolute atomic E-state index is 0.0315. The lowest BCUT2D eigenvalue weighted by Crippen LogP contribution is -2.41. The average molecular weight is 216 g/mol. The highest BCUT2D eigenvalue weighted by molar-refractivity contribution is 5.78. The lowest BCUT2D eigenvalue weighted by molar-refractivity contribution is -0.138. The van der Waals surface area contributed by atoms with Crippen LogP contribution in [0.5, 0.6) is 0 Å². The van der Waals surface area contributed by atoms with Crippen LogP contribution in [-0.4, -0.2) is 54.9 Å². The molecule has 1 fully saturated rings. The average Bonchev–Trinajstić information content (AvgIpc) is 2.59. The number of aliphatic hydroxyl groups excluding tert-OH is 1. The van der Waals surface area contributed by atoms with Crippen molar-refractivity contribution in [3.05, 3.63) is 0 Å². The number of aliphatic hydroxyl groups is 1. The second-order valence-corrected chi connectivity index (χ2v) is 3.94. The maximum Gasteiger partial charge on any atom is 0.248 e. The topological polar surface area (TPSA) is 75.8 Å². The Morgan fingerprint density at radius 2 is 2.40 bits per heavy atom. The normalized spacial score (nSPS) is 25.9. The first-order valence-corrected chi connectivity index (χ1v) is 5.38. The van der Waals surface area contributed by atoms with Crippen LogP contribution in [0.25, 0.3) is 0 Å². The van der Waals surface area contributed by atoms with Crippen LogP contribution in [0.2, 0.25) is 0 Å². The summed E-state index contributed by atoms with van der Waals surface area (Å²) in [5.74, 6) is 0.320. The second kappa shape index (κ2) is 6.05. The van der Waals surface area contributed by atoms with Gasteiger partial charge in [0.25, 0.3) is 0 Å². The number of carbonyl (C=O) groups excluding carboxylic acids is 1. The minimum atomic E-state index is -0.0492. The molecule has 0 saturated carbocycles. The van der Waals surface area contributed by atoms with Crippen LogP contribution in [0.3, 0.4) is 0 Å². The third-order valence-electron chi connectivity index (χ3n) is 2.88. The van der Waals surface area contributed by atoms with Crippen LogP contribution >= 0.6 is 0 Å². The zero-order valence-electron chi connectivity index (χ0n) is 9.19. The van der Waals surface area contributed by atoms with Crippen LogP contribution < -0.4 is 5.73 Å². The summed E-state index contributed by atoms with van der Waals surface area (Å²) in [7, 11) is 0. The van der Waals surface area contributed by atoms with Crippen LogP contribution in [0.1, 0.15) is 13.3 Å². The Kier molecular flexibility index (Phi) is 5.01. The molecule has 3 N–H and O–H groups in total. The Morgan fingerprint density at radius 1 is 1.67 bits per heavy atom. The van der Waals surface area contributed by atoms with E-state index in [0.717, 1.165) is 13.0 Å². The van der Waals surface area contributed by atoms with Crippen molar-refractivity contribution in [2.24, 2.45) is 11.7 Å².